The maximum atomic E-state index is 12.9. The van der Waals surface area contributed by atoms with Crippen molar-refractivity contribution < 1.29 is 23.9 Å². The normalized spacial score (nSPS) is 18.2. The van der Waals surface area contributed by atoms with Gasteiger partial charge in [0.1, 0.15) is 12.1 Å². The van der Waals surface area contributed by atoms with E-state index in [9.17, 15) is 19.2 Å². The highest BCUT2D eigenvalue weighted by atomic mass is 79.9. The number of rotatable bonds is 6. The molecule has 1 fully saturated rings. The number of nitrogens with one attached hydrogen (secondary N) is 2. The summed E-state index contributed by atoms with van der Waals surface area (Å²) in [6.07, 6.45) is -0.237. The molecule has 2 aromatic carbocycles. The number of carbonyl (C=O) groups is 4. The Kier molecular flexibility index (Phi) is 6.45. The summed E-state index contributed by atoms with van der Waals surface area (Å²) < 4.78 is 5.88. The minimum atomic E-state index is -1.26. The van der Waals surface area contributed by atoms with Crippen molar-refractivity contribution in [2.24, 2.45) is 0 Å². The molecule has 1 unspecified atom stereocenters. The molecule has 0 aromatic heterocycles. The number of benzene rings is 2. The van der Waals surface area contributed by atoms with Crippen LogP contribution in [0.1, 0.15) is 36.7 Å². The third kappa shape index (κ3) is 4.93. The number of hydrogen-bond acceptors (Lipinski definition) is 5. The van der Waals surface area contributed by atoms with Crippen molar-refractivity contribution >= 4 is 45.4 Å². The van der Waals surface area contributed by atoms with Crippen LogP contribution in [0.4, 0.5) is 10.5 Å². The summed E-state index contributed by atoms with van der Waals surface area (Å²) in [5, 5.41) is 5.28. The largest absolute Gasteiger partial charge is 0.459 e. The second-order valence-electron chi connectivity index (χ2n) is 7.54. The first-order chi connectivity index (χ1) is 14.6. The van der Waals surface area contributed by atoms with E-state index in [1.54, 1.807) is 51.1 Å². The Morgan fingerprint density at radius 3 is 2.45 bits per heavy atom. The lowest BCUT2D eigenvalue weighted by Gasteiger charge is -2.22. The SMILES string of the molecule is CC(C)OC(=O)c1ccc(NC(=O)CN2C(=O)NC(C)(c3cccc(Br)c3)C2=O)cc1. The molecule has 0 bridgehead atoms. The zero-order valence-corrected chi connectivity index (χ0v) is 18.9. The molecule has 0 saturated carbocycles. The maximum Gasteiger partial charge on any atom is 0.338 e. The molecular weight excluding hydrogens is 466 g/mol. The predicted octanol–water partition coefficient (Wildman–Crippen LogP) is 3.42. The molecule has 9 heteroatoms. The molecule has 0 radical (unpaired) electrons. The van der Waals surface area contributed by atoms with Crippen LogP contribution in [0.2, 0.25) is 0 Å². The van der Waals surface area contributed by atoms with Crippen LogP contribution >= 0.6 is 15.9 Å². The zero-order chi connectivity index (χ0) is 22.8. The Morgan fingerprint density at radius 1 is 1.16 bits per heavy atom. The fourth-order valence-electron chi connectivity index (χ4n) is 3.15. The highest BCUT2D eigenvalue weighted by molar-refractivity contribution is 9.10. The second-order valence-corrected chi connectivity index (χ2v) is 8.45. The van der Waals surface area contributed by atoms with Crippen molar-refractivity contribution in [2.45, 2.75) is 32.4 Å². The molecule has 1 saturated heterocycles. The number of carbonyl (C=O) groups excluding carboxylic acids is 4. The molecule has 2 aromatic rings. The molecular formula is C22H22BrN3O5. The number of amides is 4. The van der Waals surface area contributed by atoms with Crippen molar-refractivity contribution in [3.05, 3.63) is 64.1 Å². The molecule has 31 heavy (non-hydrogen) atoms. The summed E-state index contributed by atoms with van der Waals surface area (Å²) in [6.45, 7) is 4.67. The minimum absolute atomic E-state index is 0.237. The summed E-state index contributed by atoms with van der Waals surface area (Å²) in [5.74, 6) is -1.52. The topological polar surface area (TPSA) is 105 Å². The van der Waals surface area contributed by atoms with Crippen LogP contribution in [0.5, 0.6) is 0 Å². The quantitative estimate of drug-likeness (QED) is 0.479. The molecule has 2 N–H and O–H groups in total. The van der Waals surface area contributed by atoms with Gasteiger partial charge in [0.2, 0.25) is 5.91 Å². The van der Waals surface area contributed by atoms with E-state index in [1.807, 2.05) is 6.07 Å². The average Bonchev–Trinajstić information content (AvgIpc) is 2.92. The fourth-order valence-corrected chi connectivity index (χ4v) is 3.55. The molecule has 0 aliphatic carbocycles. The van der Waals surface area contributed by atoms with Crippen molar-refractivity contribution in [3.63, 3.8) is 0 Å². The van der Waals surface area contributed by atoms with Crippen LogP contribution in [-0.4, -0.2) is 41.4 Å². The Balaban J connectivity index is 1.66. The van der Waals surface area contributed by atoms with Crippen LogP contribution in [0.15, 0.2) is 53.0 Å². The Hall–Kier alpha value is -3.20. The fraction of sp³-hybridized carbons (Fsp3) is 0.273. The third-order valence-electron chi connectivity index (χ3n) is 4.73. The molecule has 1 heterocycles. The number of hydrogen-bond donors (Lipinski definition) is 2. The first-order valence-electron chi connectivity index (χ1n) is 9.61. The van der Waals surface area contributed by atoms with Crippen LogP contribution in [0.25, 0.3) is 0 Å². The first kappa shape index (κ1) is 22.5. The van der Waals surface area contributed by atoms with Gasteiger partial charge >= 0.3 is 12.0 Å². The predicted molar refractivity (Wildman–Crippen MR) is 117 cm³/mol. The van der Waals surface area contributed by atoms with Gasteiger partial charge in [-0.3, -0.25) is 14.5 Å². The summed E-state index contributed by atoms with van der Waals surface area (Å²) in [6, 6.07) is 12.6. The van der Waals surface area contributed by atoms with Crippen molar-refractivity contribution in [1.29, 1.82) is 0 Å². The van der Waals surface area contributed by atoms with Gasteiger partial charge < -0.3 is 15.4 Å². The number of urea groups is 1. The van der Waals surface area contributed by atoms with Crippen LogP contribution in [0, 0.1) is 0 Å². The van der Waals surface area contributed by atoms with Gasteiger partial charge in [0.15, 0.2) is 0 Å². The monoisotopic (exact) mass is 487 g/mol. The van der Waals surface area contributed by atoms with Gasteiger partial charge in [-0.05, 0) is 62.7 Å². The van der Waals surface area contributed by atoms with Gasteiger partial charge in [0.25, 0.3) is 5.91 Å². The molecule has 1 aliphatic rings. The van der Waals surface area contributed by atoms with Gasteiger partial charge in [-0.25, -0.2) is 9.59 Å². The van der Waals surface area contributed by atoms with E-state index < -0.39 is 35.9 Å². The van der Waals surface area contributed by atoms with Crippen molar-refractivity contribution in [2.75, 3.05) is 11.9 Å². The van der Waals surface area contributed by atoms with Gasteiger partial charge in [-0.1, -0.05) is 28.1 Å². The molecule has 162 valence electrons. The van der Waals surface area contributed by atoms with Gasteiger partial charge in [0, 0.05) is 10.2 Å². The van der Waals surface area contributed by atoms with Crippen LogP contribution in [-0.2, 0) is 19.9 Å². The first-order valence-corrected chi connectivity index (χ1v) is 10.4. The van der Waals surface area contributed by atoms with Crippen molar-refractivity contribution in [3.8, 4) is 0 Å². The Bertz CT molecular complexity index is 1040. The smallest absolute Gasteiger partial charge is 0.338 e. The summed E-state index contributed by atoms with van der Waals surface area (Å²) in [7, 11) is 0. The zero-order valence-electron chi connectivity index (χ0n) is 17.3. The lowest BCUT2D eigenvalue weighted by atomic mass is 9.92. The van der Waals surface area contributed by atoms with Gasteiger partial charge in [0.05, 0.1) is 11.7 Å². The molecule has 4 amide bonds. The van der Waals surface area contributed by atoms with Crippen LogP contribution < -0.4 is 10.6 Å². The lowest BCUT2D eigenvalue weighted by molar-refractivity contribution is -0.133. The van der Waals surface area contributed by atoms with E-state index in [1.165, 1.54) is 12.1 Å². The number of esters is 1. The van der Waals surface area contributed by atoms with Gasteiger partial charge in [-0.2, -0.15) is 0 Å². The maximum absolute atomic E-state index is 12.9. The molecule has 8 nitrogen and oxygen atoms in total. The molecule has 3 rings (SSSR count). The standard InChI is InChI=1S/C22H22BrN3O5/c1-13(2)31-19(28)14-7-9-17(10-8-14)24-18(27)12-26-20(29)22(3,25-21(26)30)15-5-4-6-16(23)11-15/h4-11,13H,12H2,1-3H3,(H,24,27)(H,25,30). The summed E-state index contributed by atoms with van der Waals surface area (Å²) >= 11 is 3.36. The minimum Gasteiger partial charge on any atom is -0.459 e. The van der Waals surface area contributed by atoms with E-state index in [-0.39, 0.29) is 6.10 Å². The Labute approximate surface area is 188 Å². The van der Waals surface area contributed by atoms with Crippen molar-refractivity contribution in [1.82, 2.24) is 10.2 Å². The van der Waals surface area contributed by atoms with E-state index in [0.29, 0.717) is 16.8 Å². The van der Waals surface area contributed by atoms with Crippen LogP contribution in [0.3, 0.4) is 0 Å². The lowest BCUT2D eigenvalue weighted by Crippen LogP contribution is -2.42. The van der Waals surface area contributed by atoms with E-state index in [4.69, 9.17) is 4.74 Å². The number of nitrogens with zero attached hydrogens (tertiary/aromatic N) is 1. The van der Waals surface area contributed by atoms with E-state index in [2.05, 4.69) is 26.6 Å². The van der Waals surface area contributed by atoms with E-state index >= 15 is 0 Å². The molecule has 1 atom stereocenters. The number of anilines is 1. The Morgan fingerprint density at radius 2 is 1.84 bits per heavy atom. The number of halogens is 1. The summed E-state index contributed by atoms with van der Waals surface area (Å²) in [5.41, 5.74) is 0.116. The number of ether oxygens (including phenoxy) is 1. The highest BCUT2D eigenvalue weighted by Crippen LogP contribution is 2.30. The second kappa shape index (κ2) is 8.89. The summed E-state index contributed by atoms with van der Waals surface area (Å²) in [4.78, 5) is 50.6. The number of imide groups is 1. The van der Waals surface area contributed by atoms with Gasteiger partial charge in [-0.15, -0.1) is 0 Å². The van der Waals surface area contributed by atoms with E-state index in [0.717, 1.165) is 9.37 Å². The third-order valence-corrected chi connectivity index (χ3v) is 5.22. The molecule has 1 aliphatic heterocycles. The molecule has 0 spiro atoms. The average molecular weight is 488 g/mol. The highest BCUT2D eigenvalue weighted by Gasteiger charge is 2.49.